The maximum atomic E-state index is 6.15. The first kappa shape index (κ1) is 15.5. The van der Waals surface area contributed by atoms with E-state index in [-0.39, 0.29) is 12.4 Å². The largest absolute Gasteiger partial charge is 0.311 e. The number of hydrogen-bond donors (Lipinski definition) is 1. The molecule has 2 rings (SSSR count). The third kappa shape index (κ3) is 3.49. The first-order valence-corrected chi connectivity index (χ1v) is 7.12. The molecule has 1 fully saturated rings. The second kappa shape index (κ2) is 6.60. The van der Waals surface area contributed by atoms with Crippen LogP contribution in [0.1, 0.15) is 19.4 Å². The van der Waals surface area contributed by atoms with Gasteiger partial charge in [0.15, 0.2) is 0 Å². The zero-order valence-electron chi connectivity index (χ0n) is 9.87. The Morgan fingerprint density at radius 2 is 2.18 bits per heavy atom. The Morgan fingerprint density at radius 1 is 1.47 bits per heavy atom. The Kier molecular flexibility index (Phi) is 6.03. The normalized spacial score (nSPS) is 25.6. The molecule has 0 saturated carbocycles. The zero-order chi connectivity index (χ0) is 11.7. The van der Waals surface area contributed by atoms with Crippen molar-refractivity contribution in [3.05, 3.63) is 20.3 Å². The molecule has 1 aromatic rings. The van der Waals surface area contributed by atoms with Crippen molar-refractivity contribution in [1.29, 1.82) is 0 Å². The second-order valence-electron chi connectivity index (χ2n) is 4.30. The molecule has 0 radical (unpaired) electrons. The second-order valence-corrected chi connectivity index (χ2v) is 6.16. The smallest absolute Gasteiger partial charge is 0.112 e. The molecule has 0 aliphatic carbocycles. The van der Waals surface area contributed by atoms with Crippen LogP contribution in [0.4, 0.5) is 0 Å². The molecule has 6 heteroatoms. The van der Waals surface area contributed by atoms with E-state index in [1.807, 2.05) is 0 Å². The van der Waals surface area contributed by atoms with E-state index in [0.717, 1.165) is 30.2 Å². The van der Waals surface area contributed by atoms with Gasteiger partial charge in [0.25, 0.3) is 0 Å². The van der Waals surface area contributed by atoms with E-state index < -0.39 is 0 Å². The highest BCUT2D eigenvalue weighted by Crippen LogP contribution is 2.33. The predicted octanol–water partition coefficient (Wildman–Crippen LogP) is 3.66. The fraction of sp³-hybridized carbons (Fsp3) is 0.636. The summed E-state index contributed by atoms with van der Waals surface area (Å²) in [5.41, 5.74) is 1.15. The van der Waals surface area contributed by atoms with Gasteiger partial charge in [-0.3, -0.25) is 4.90 Å². The Labute approximate surface area is 123 Å². The van der Waals surface area contributed by atoms with Crippen molar-refractivity contribution in [2.45, 2.75) is 32.5 Å². The highest BCUT2D eigenvalue weighted by Gasteiger charge is 2.25. The third-order valence-electron chi connectivity index (χ3n) is 3.30. The minimum absolute atomic E-state index is 0. The van der Waals surface area contributed by atoms with Gasteiger partial charge < -0.3 is 5.32 Å². The lowest BCUT2D eigenvalue weighted by Crippen LogP contribution is -2.54. The van der Waals surface area contributed by atoms with Crippen LogP contribution in [0.5, 0.6) is 0 Å². The van der Waals surface area contributed by atoms with Gasteiger partial charge in [-0.2, -0.15) is 0 Å². The molecule has 1 N–H and O–H groups in total. The van der Waals surface area contributed by atoms with E-state index >= 15 is 0 Å². The van der Waals surface area contributed by atoms with Crippen LogP contribution in [-0.2, 0) is 6.54 Å². The van der Waals surface area contributed by atoms with Gasteiger partial charge in [0.2, 0.25) is 0 Å². The van der Waals surface area contributed by atoms with Gasteiger partial charge in [0.05, 0.1) is 5.02 Å². The van der Waals surface area contributed by atoms with Crippen molar-refractivity contribution >= 4 is 46.9 Å². The molecular weight excluding hydrogens is 299 g/mol. The SMILES string of the molecule is CC1NCCN(Cc2csc(Cl)c2Cl)C1C.Cl. The molecule has 2 atom stereocenters. The first-order chi connectivity index (χ1) is 7.59. The summed E-state index contributed by atoms with van der Waals surface area (Å²) in [6.45, 7) is 7.48. The Balaban J connectivity index is 0.00000144. The lowest BCUT2D eigenvalue weighted by Gasteiger charge is -2.38. The van der Waals surface area contributed by atoms with Gasteiger partial charge >= 0.3 is 0 Å². The number of rotatable bonds is 2. The predicted molar refractivity (Wildman–Crippen MR) is 78.9 cm³/mol. The number of nitrogens with zero attached hydrogens (tertiary/aromatic N) is 1. The highest BCUT2D eigenvalue weighted by atomic mass is 35.5. The van der Waals surface area contributed by atoms with Crippen LogP contribution in [0, 0.1) is 0 Å². The number of piperazine rings is 1. The van der Waals surface area contributed by atoms with Crippen LogP contribution in [0.25, 0.3) is 0 Å². The lowest BCUT2D eigenvalue weighted by atomic mass is 10.1. The van der Waals surface area contributed by atoms with Gasteiger partial charge in [-0.15, -0.1) is 23.7 Å². The topological polar surface area (TPSA) is 15.3 Å². The van der Waals surface area contributed by atoms with Crippen LogP contribution >= 0.6 is 46.9 Å². The average Bonchev–Trinajstić information content (AvgIpc) is 2.57. The summed E-state index contributed by atoms with van der Waals surface area (Å²) in [5, 5.41) is 6.26. The van der Waals surface area contributed by atoms with Crippen LogP contribution in [0.3, 0.4) is 0 Å². The van der Waals surface area contributed by atoms with Crippen LogP contribution in [0.2, 0.25) is 9.36 Å². The summed E-state index contributed by atoms with van der Waals surface area (Å²) in [7, 11) is 0. The summed E-state index contributed by atoms with van der Waals surface area (Å²) >= 11 is 13.6. The van der Waals surface area contributed by atoms with Crippen molar-refractivity contribution in [2.24, 2.45) is 0 Å². The lowest BCUT2D eigenvalue weighted by molar-refractivity contribution is 0.131. The van der Waals surface area contributed by atoms with E-state index in [2.05, 4.69) is 29.4 Å². The van der Waals surface area contributed by atoms with Crippen LogP contribution in [0.15, 0.2) is 5.38 Å². The Hall–Kier alpha value is 0.490. The quantitative estimate of drug-likeness (QED) is 0.896. The summed E-state index contributed by atoms with van der Waals surface area (Å²) in [6.07, 6.45) is 0. The highest BCUT2D eigenvalue weighted by molar-refractivity contribution is 7.15. The van der Waals surface area contributed by atoms with Crippen molar-refractivity contribution in [2.75, 3.05) is 13.1 Å². The molecule has 1 aliphatic rings. The van der Waals surface area contributed by atoms with Crippen LogP contribution in [-0.4, -0.2) is 30.1 Å². The van der Waals surface area contributed by atoms with Crippen molar-refractivity contribution in [3.63, 3.8) is 0 Å². The number of nitrogens with one attached hydrogen (secondary N) is 1. The van der Waals surface area contributed by atoms with Gasteiger partial charge in [-0.25, -0.2) is 0 Å². The summed E-state index contributed by atoms with van der Waals surface area (Å²) < 4.78 is 0.701. The van der Waals surface area contributed by atoms with E-state index in [0.29, 0.717) is 16.4 Å². The van der Waals surface area contributed by atoms with Crippen molar-refractivity contribution < 1.29 is 0 Å². The first-order valence-electron chi connectivity index (χ1n) is 5.48. The fourth-order valence-electron chi connectivity index (χ4n) is 2.03. The Bertz CT molecular complexity index is 370. The third-order valence-corrected chi connectivity index (χ3v) is 5.21. The van der Waals surface area contributed by atoms with Gasteiger partial charge in [0, 0.05) is 31.7 Å². The molecule has 2 heterocycles. The molecular formula is C11H17Cl3N2S. The molecule has 1 saturated heterocycles. The Morgan fingerprint density at radius 3 is 2.76 bits per heavy atom. The molecule has 2 unspecified atom stereocenters. The maximum absolute atomic E-state index is 6.15. The molecule has 2 nitrogen and oxygen atoms in total. The van der Waals surface area contributed by atoms with E-state index in [4.69, 9.17) is 23.2 Å². The molecule has 98 valence electrons. The van der Waals surface area contributed by atoms with Gasteiger partial charge in [-0.05, 0) is 24.8 Å². The molecule has 1 aliphatic heterocycles. The standard InChI is InChI=1S/C11H16Cl2N2S.ClH/c1-7-8(2)15(4-3-14-7)5-9-6-16-11(13)10(9)12;/h6-8,14H,3-5H2,1-2H3;1H. The van der Waals surface area contributed by atoms with Gasteiger partial charge in [-0.1, -0.05) is 23.2 Å². The maximum Gasteiger partial charge on any atom is 0.112 e. The van der Waals surface area contributed by atoms with E-state index in [1.165, 1.54) is 11.3 Å². The number of thiophene rings is 1. The summed E-state index contributed by atoms with van der Waals surface area (Å²) in [6, 6.07) is 1.06. The molecule has 0 spiro atoms. The van der Waals surface area contributed by atoms with Gasteiger partial charge in [0.1, 0.15) is 4.34 Å². The monoisotopic (exact) mass is 314 g/mol. The molecule has 0 amide bonds. The van der Waals surface area contributed by atoms with E-state index in [9.17, 15) is 0 Å². The zero-order valence-corrected chi connectivity index (χ0v) is 13.0. The molecule has 0 bridgehead atoms. The van der Waals surface area contributed by atoms with Crippen LogP contribution < -0.4 is 5.32 Å². The van der Waals surface area contributed by atoms with Crippen molar-refractivity contribution in [1.82, 2.24) is 10.2 Å². The average molecular weight is 316 g/mol. The summed E-state index contributed by atoms with van der Waals surface area (Å²) in [5.74, 6) is 0. The minimum Gasteiger partial charge on any atom is -0.311 e. The van der Waals surface area contributed by atoms with Crippen molar-refractivity contribution in [3.8, 4) is 0 Å². The number of hydrogen-bond acceptors (Lipinski definition) is 3. The molecule has 0 aromatic carbocycles. The summed E-state index contributed by atoms with van der Waals surface area (Å²) in [4.78, 5) is 2.45. The molecule has 17 heavy (non-hydrogen) atoms. The van der Waals surface area contributed by atoms with E-state index in [1.54, 1.807) is 0 Å². The number of halogens is 3. The molecule has 1 aromatic heterocycles. The minimum atomic E-state index is 0. The fourth-order valence-corrected chi connectivity index (χ4v) is 3.27.